The standard InChI is InChI=1S/C12H16N2O4/c1-8-4-3-5-10(9(8)2)18-7-14-12(17)13-6-11(15)16/h3-5H,6-7H2,1-2H3,(H,15,16)(H2,13,14,17). The molecule has 1 rings (SSSR count). The van der Waals surface area contributed by atoms with Crippen molar-refractivity contribution in [2.24, 2.45) is 0 Å². The molecule has 3 N–H and O–H groups in total. The summed E-state index contributed by atoms with van der Waals surface area (Å²) in [6, 6.07) is 5.05. The zero-order valence-corrected chi connectivity index (χ0v) is 10.3. The highest BCUT2D eigenvalue weighted by Crippen LogP contribution is 2.19. The van der Waals surface area contributed by atoms with Crippen molar-refractivity contribution in [2.45, 2.75) is 13.8 Å². The highest BCUT2D eigenvalue weighted by Gasteiger charge is 2.04. The lowest BCUT2D eigenvalue weighted by molar-refractivity contribution is -0.135. The predicted molar refractivity (Wildman–Crippen MR) is 65.6 cm³/mol. The molecule has 0 atom stereocenters. The van der Waals surface area contributed by atoms with Gasteiger partial charge in [-0.05, 0) is 31.0 Å². The van der Waals surface area contributed by atoms with Crippen molar-refractivity contribution in [2.75, 3.05) is 13.3 Å². The normalized spacial score (nSPS) is 9.67. The molecule has 0 aromatic heterocycles. The Balaban J connectivity index is 2.35. The Morgan fingerprint density at radius 1 is 1.28 bits per heavy atom. The first-order valence-electron chi connectivity index (χ1n) is 5.43. The lowest BCUT2D eigenvalue weighted by Crippen LogP contribution is -2.40. The molecule has 6 heteroatoms. The molecule has 6 nitrogen and oxygen atoms in total. The zero-order valence-electron chi connectivity index (χ0n) is 10.3. The second-order valence-corrected chi connectivity index (χ2v) is 3.74. The quantitative estimate of drug-likeness (QED) is 0.683. The maximum Gasteiger partial charge on any atom is 0.323 e. The van der Waals surface area contributed by atoms with Crippen LogP contribution in [0.4, 0.5) is 4.79 Å². The number of hydrogen-bond donors (Lipinski definition) is 3. The highest BCUT2D eigenvalue weighted by molar-refractivity contribution is 5.79. The van der Waals surface area contributed by atoms with E-state index in [0.717, 1.165) is 11.1 Å². The number of amides is 2. The van der Waals surface area contributed by atoms with Gasteiger partial charge in [-0.3, -0.25) is 4.79 Å². The molecular weight excluding hydrogens is 236 g/mol. The minimum Gasteiger partial charge on any atom is -0.480 e. The van der Waals surface area contributed by atoms with E-state index < -0.39 is 18.5 Å². The maximum atomic E-state index is 11.1. The third-order valence-corrected chi connectivity index (χ3v) is 2.42. The summed E-state index contributed by atoms with van der Waals surface area (Å²) in [6.07, 6.45) is 0. The highest BCUT2D eigenvalue weighted by atomic mass is 16.5. The molecule has 0 aliphatic carbocycles. The fraction of sp³-hybridized carbons (Fsp3) is 0.333. The van der Waals surface area contributed by atoms with Crippen LogP contribution in [0.1, 0.15) is 11.1 Å². The Morgan fingerprint density at radius 2 is 2.00 bits per heavy atom. The second-order valence-electron chi connectivity index (χ2n) is 3.74. The van der Waals surface area contributed by atoms with Crippen LogP contribution in [0.2, 0.25) is 0 Å². The van der Waals surface area contributed by atoms with E-state index >= 15 is 0 Å². The first kappa shape index (κ1) is 13.8. The molecule has 0 bridgehead atoms. The Hall–Kier alpha value is -2.24. The molecule has 1 aromatic carbocycles. The third-order valence-electron chi connectivity index (χ3n) is 2.42. The van der Waals surface area contributed by atoms with E-state index in [1.807, 2.05) is 26.0 Å². The Bertz CT molecular complexity index is 446. The summed E-state index contributed by atoms with van der Waals surface area (Å²) in [5, 5.41) is 12.9. The number of carboxylic acid groups (broad SMARTS) is 1. The molecule has 0 unspecified atom stereocenters. The van der Waals surface area contributed by atoms with Crippen LogP contribution in [-0.2, 0) is 4.79 Å². The summed E-state index contributed by atoms with van der Waals surface area (Å²) < 4.78 is 5.38. The summed E-state index contributed by atoms with van der Waals surface area (Å²) in [4.78, 5) is 21.3. The van der Waals surface area contributed by atoms with E-state index in [4.69, 9.17) is 9.84 Å². The first-order chi connectivity index (χ1) is 8.50. The number of carboxylic acids is 1. The number of urea groups is 1. The molecule has 0 spiro atoms. The van der Waals surface area contributed by atoms with E-state index in [1.165, 1.54) is 0 Å². The van der Waals surface area contributed by atoms with Crippen LogP contribution >= 0.6 is 0 Å². The van der Waals surface area contributed by atoms with Gasteiger partial charge in [0.2, 0.25) is 0 Å². The zero-order chi connectivity index (χ0) is 13.5. The van der Waals surface area contributed by atoms with Gasteiger partial charge in [-0.2, -0.15) is 0 Å². The smallest absolute Gasteiger partial charge is 0.323 e. The number of hydrogen-bond acceptors (Lipinski definition) is 3. The van der Waals surface area contributed by atoms with Gasteiger partial charge >= 0.3 is 12.0 Å². The van der Waals surface area contributed by atoms with Crippen LogP contribution in [0, 0.1) is 13.8 Å². The molecule has 0 saturated heterocycles. The van der Waals surface area contributed by atoms with Crippen molar-refractivity contribution in [3.8, 4) is 5.75 Å². The summed E-state index contributed by atoms with van der Waals surface area (Å²) in [6.45, 7) is 3.45. The molecule has 18 heavy (non-hydrogen) atoms. The topological polar surface area (TPSA) is 87.7 Å². The summed E-state index contributed by atoms with van der Waals surface area (Å²) >= 11 is 0. The molecule has 0 saturated carbocycles. The first-order valence-corrected chi connectivity index (χ1v) is 5.43. The minimum absolute atomic E-state index is 0.0181. The van der Waals surface area contributed by atoms with Crippen LogP contribution in [0.15, 0.2) is 18.2 Å². The number of nitrogens with one attached hydrogen (secondary N) is 2. The van der Waals surface area contributed by atoms with Crippen LogP contribution in [0.25, 0.3) is 0 Å². The Morgan fingerprint density at radius 3 is 2.67 bits per heavy atom. The average molecular weight is 252 g/mol. The number of aliphatic carboxylic acids is 1. The van der Waals surface area contributed by atoms with Crippen molar-refractivity contribution < 1.29 is 19.4 Å². The number of carbonyl (C=O) groups is 2. The SMILES string of the molecule is Cc1cccc(OCNC(=O)NCC(=O)O)c1C. The molecular formula is C12H16N2O4. The minimum atomic E-state index is -1.10. The Labute approximate surface area is 105 Å². The van der Waals surface area contributed by atoms with Crippen molar-refractivity contribution in [3.05, 3.63) is 29.3 Å². The van der Waals surface area contributed by atoms with Gasteiger partial charge in [0.15, 0.2) is 6.73 Å². The third kappa shape index (κ3) is 4.32. The van der Waals surface area contributed by atoms with Crippen molar-refractivity contribution >= 4 is 12.0 Å². The van der Waals surface area contributed by atoms with Gasteiger partial charge in [0.25, 0.3) is 0 Å². The fourth-order valence-electron chi connectivity index (χ4n) is 1.28. The Kier molecular flexibility index (Phi) is 4.98. The van der Waals surface area contributed by atoms with Crippen LogP contribution < -0.4 is 15.4 Å². The predicted octanol–water partition coefficient (Wildman–Crippen LogP) is 1.02. The van der Waals surface area contributed by atoms with E-state index in [1.54, 1.807) is 6.07 Å². The van der Waals surface area contributed by atoms with Gasteiger partial charge in [-0.25, -0.2) is 4.79 Å². The molecule has 0 aliphatic heterocycles. The molecule has 98 valence electrons. The van der Waals surface area contributed by atoms with Crippen molar-refractivity contribution in [1.29, 1.82) is 0 Å². The van der Waals surface area contributed by atoms with E-state index in [-0.39, 0.29) is 6.73 Å². The van der Waals surface area contributed by atoms with E-state index in [2.05, 4.69) is 10.6 Å². The molecule has 0 heterocycles. The monoisotopic (exact) mass is 252 g/mol. The number of rotatable bonds is 5. The van der Waals surface area contributed by atoms with E-state index in [9.17, 15) is 9.59 Å². The van der Waals surface area contributed by atoms with Gasteiger partial charge in [0, 0.05) is 0 Å². The molecule has 0 fully saturated rings. The average Bonchev–Trinajstić information content (AvgIpc) is 2.32. The molecule has 1 aromatic rings. The van der Waals surface area contributed by atoms with Gasteiger partial charge < -0.3 is 20.5 Å². The van der Waals surface area contributed by atoms with Gasteiger partial charge in [-0.1, -0.05) is 12.1 Å². The summed E-state index contributed by atoms with van der Waals surface area (Å²) in [7, 11) is 0. The number of benzene rings is 1. The summed E-state index contributed by atoms with van der Waals surface area (Å²) in [5.74, 6) is -0.408. The van der Waals surface area contributed by atoms with Gasteiger partial charge in [0.1, 0.15) is 12.3 Å². The van der Waals surface area contributed by atoms with Crippen molar-refractivity contribution in [3.63, 3.8) is 0 Å². The largest absolute Gasteiger partial charge is 0.480 e. The lowest BCUT2D eigenvalue weighted by Gasteiger charge is -2.11. The van der Waals surface area contributed by atoms with Gasteiger partial charge in [0.05, 0.1) is 0 Å². The fourth-order valence-corrected chi connectivity index (χ4v) is 1.28. The molecule has 0 aliphatic rings. The number of carbonyl (C=O) groups excluding carboxylic acids is 1. The molecule has 2 amide bonds. The van der Waals surface area contributed by atoms with E-state index in [0.29, 0.717) is 5.75 Å². The van der Waals surface area contributed by atoms with Crippen LogP contribution in [0.3, 0.4) is 0 Å². The molecule has 0 radical (unpaired) electrons. The van der Waals surface area contributed by atoms with Crippen LogP contribution in [-0.4, -0.2) is 30.4 Å². The number of aryl methyl sites for hydroxylation is 1. The summed E-state index contributed by atoms with van der Waals surface area (Å²) in [5.41, 5.74) is 2.10. The number of ether oxygens (including phenoxy) is 1. The second kappa shape index (κ2) is 6.48. The lowest BCUT2D eigenvalue weighted by atomic mass is 10.1. The maximum absolute atomic E-state index is 11.1. The van der Waals surface area contributed by atoms with Crippen molar-refractivity contribution in [1.82, 2.24) is 10.6 Å². The van der Waals surface area contributed by atoms with Gasteiger partial charge in [-0.15, -0.1) is 0 Å². The van der Waals surface area contributed by atoms with Crippen LogP contribution in [0.5, 0.6) is 5.75 Å².